The van der Waals surface area contributed by atoms with Crippen molar-refractivity contribution < 1.29 is 5.11 Å². The first-order valence-corrected chi connectivity index (χ1v) is 4.56. The Hall–Kier alpha value is -0.600. The maximum atomic E-state index is 8.90. The van der Waals surface area contributed by atoms with Gasteiger partial charge in [-0.05, 0) is 6.42 Å². The summed E-state index contributed by atoms with van der Waals surface area (Å²) in [6, 6.07) is 0.257. The van der Waals surface area contributed by atoms with Crippen molar-refractivity contribution in [3.8, 4) is 0 Å². The Morgan fingerprint density at radius 1 is 1.42 bits per heavy atom. The van der Waals surface area contributed by atoms with Gasteiger partial charge in [0.2, 0.25) is 0 Å². The van der Waals surface area contributed by atoms with Crippen LogP contribution in [0.2, 0.25) is 0 Å². The number of aliphatic hydroxyl groups excluding tert-OH is 1. The largest absolute Gasteiger partial charge is 0.395 e. The molecule has 0 spiro atoms. The number of aliphatic hydroxyl groups is 1. The van der Waals surface area contributed by atoms with Crippen molar-refractivity contribution in [2.24, 2.45) is 5.92 Å². The molecule has 12 heavy (non-hydrogen) atoms. The summed E-state index contributed by atoms with van der Waals surface area (Å²) < 4.78 is 0. The lowest BCUT2D eigenvalue weighted by atomic mass is 10.1. The van der Waals surface area contributed by atoms with Crippen molar-refractivity contribution >= 4 is 0 Å². The minimum Gasteiger partial charge on any atom is -0.395 e. The van der Waals surface area contributed by atoms with E-state index >= 15 is 0 Å². The van der Waals surface area contributed by atoms with Crippen LogP contribution < -0.4 is 5.32 Å². The van der Waals surface area contributed by atoms with Gasteiger partial charge in [-0.2, -0.15) is 0 Å². The van der Waals surface area contributed by atoms with E-state index in [0.717, 1.165) is 13.0 Å². The normalized spacial score (nSPS) is 18.8. The molecule has 1 rings (SSSR count). The standard InChI is InChI=1S/C10H17NO/c1-2-10(8-12)11-7-9-5-3-4-6-9/h3-6,9-12H,2,7-8H2,1H3/t10-/m0/s1. The van der Waals surface area contributed by atoms with E-state index in [1.54, 1.807) is 0 Å². The molecule has 0 heterocycles. The van der Waals surface area contributed by atoms with E-state index in [1.807, 2.05) is 0 Å². The van der Waals surface area contributed by atoms with Crippen molar-refractivity contribution in [1.82, 2.24) is 5.32 Å². The molecule has 0 saturated heterocycles. The van der Waals surface area contributed by atoms with Crippen molar-refractivity contribution in [3.63, 3.8) is 0 Å². The van der Waals surface area contributed by atoms with Crippen LogP contribution in [0.5, 0.6) is 0 Å². The molecule has 1 aliphatic rings. The van der Waals surface area contributed by atoms with Crippen LogP contribution in [0.1, 0.15) is 13.3 Å². The topological polar surface area (TPSA) is 32.3 Å². The average Bonchev–Trinajstić information content (AvgIpc) is 2.59. The fraction of sp³-hybridized carbons (Fsp3) is 0.600. The van der Waals surface area contributed by atoms with Crippen molar-refractivity contribution in [2.75, 3.05) is 13.2 Å². The molecule has 0 radical (unpaired) electrons. The minimum absolute atomic E-state index is 0.233. The zero-order valence-corrected chi connectivity index (χ0v) is 7.53. The maximum Gasteiger partial charge on any atom is 0.0584 e. The first-order chi connectivity index (χ1) is 5.86. The fourth-order valence-corrected chi connectivity index (χ4v) is 1.25. The summed E-state index contributed by atoms with van der Waals surface area (Å²) in [5, 5.41) is 12.2. The molecule has 2 nitrogen and oxygen atoms in total. The monoisotopic (exact) mass is 167 g/mol. The molecule has 0 aromatic rings. The Labute approximate surface area is 74.0 Å². The lowest BCUT2D eigenvalue weighted by molar-refractivity contribution is 0.238. The van der Waals surface area contributed by atoms with E-state index in [4.69, 9.17) is 5.11 Å². The smallest absolute Gasteiger partial charge is 0.0584 e. The third-order valence-corrected chi connectivity index (χ3v) is 2.18. The lowest BCUT2D eigenvalue weighted by Crippen LogP contribution is -2.34. The summed E-state index contributed by atoms with van der Waals surface area (Å²) in [6.07, 6.45) is 9.43. The zero-order valence-electron chi connectivity index (χ0n) is 7.53. The van der Waals surface area contributed by atoms with Gasteiger partial charge in [-0.25, -0.2) is 0 Å². The highest BCUT2D eigenvalue weighted by atomic mass is 16.3. The number of nitrogens with one attached hydrogen (secondary N) is 1. The molecular formula is C10H17NO. The van der Waals surface area contributed by atoms with E-state index in [-0.39, 0.29) is 12.6 Å². The van der Waals surface area contributed by atoms with Gasteiger partial charge in [0.1, 0.15) is 0 Å². The van der Waals surface area contributed by atoms with Crippen LogP contribution in [0, 0.1) is 5.92 Å². The Kier molecular flexibility index (Phi) is 4.05. The molecule has 0 aromatic heterocycles. The Morgan fingerprint density at radius 3 is 2.58 bits per heavy atom. The molecule has 0 bridgehead atoms. The van der Waals surface area contributed by atoms with Crippen LogP contribution >= 0.6 is 0 Å². The molecular weight excluding hydrogens is 150 g/mol. The third-order valence-electron chi connectivity index (χ3n) is 2.18. The maximum absolute atomic E-state index is 8.90. The van der Waals surface area contributed by atoms with Crippen molar-refractivity contribution in [3.05, 3.63) is 24.3 Å². The molecule has 0 unspecified atom stereocenters. The predicted octanol–water partition coefficient (Wildman–Crippen LogP) is 1.09. The van der Waals surface area contributed by atoms with Gasteiger partial charge < -0.3 is 10.4 Å². The Morgan fingerprint density at radius 2 is 2.08 bits per heavy atom. The first-order valence-electron chi connectivity index (χ1n) is 4.56. The van der Waals surface area contributed by atoms with Gasteiger partial charge in [0.05, 0.1) is 6.61 Å². The van der Waals surface area contributed by atoms with Gasteiger partial charge in [-0.1, -0.05) is 31.2 Å². The van der Waals surface area contributed by atoms with Crippen LogP contribution in [-0.2, 0) is 0 Å². The lowest BCUT2D eigenvalue weighted by Gasteiger charge is -2.15. The van der Waals surface area contributed by atoms with E-state index in [1.165, 1.54) is 0 Å². The third kappa shape index (κ3) is 2.80. The molecule has 2 N–H and O–H groups in total. The second-order valence-corrected chi connectivity index (χ2v) is 3.13. The summed E-state index contributed by atoms with van der Waals surface area (Å²) in [5.41, 5.74) is 0. The molecule has 0 aliphatic heterocycles. The molecule has 1 atom stereocenters. The number of hydrogen-bond donors (Lipinski definition) is 2. The number of hydrogen-bond acceptors (Lipinski definition) is 2. The van der Waals surface area contributed by atoms with Gasteiger partial charge in [0.25, 0.3) is 0 Å². The first kappa shape index (κ1) is 9.49. The minimum atomic E-state index is 0.233. The van der Waals surface area contributed by atoms with Crippen LogP contribution in [0.15, 0.2) is 24.3 Å². The number of allylic oxidation sites excluding steroid dienone is 2. The van der Waals surface area contributed by atoms with Gasteiger partial charge in [-0.15, -0.1) is 0 Å². The van der Waals surface area contributed by atoms with Crippen LogP contribution in [0.25, 0.3) is 0 Å². The van der Waals surface area contributed by atoms with E-state index in [2.05, 4.69) is 36.5 Å². The van der Waals surface area contributed by atoms with Gasteiger partial charge >= 0.3 is 0 Å². The van der Waals surface area contributed by atoms with Gasteiger partial charge in [0, 0.05) is 18.5 Å². The Balaban J connectivity index is 2.15. The number of rotatable bonds is 5. The van der Waals surface area contributed by atoms with Gasteiger partial charge in [-0.3, -0.25) is 0 Å². The molecule has 0 fully saturated rings. The quantitative estimate of drug-likeness (QED) is 0.642. The second-order valence-electron chi connectivity index (χ2n) is 3.13. The van der Waals surface area contributed by atoms with Crippen LogP contribution in [-0.4, -0.2) is 24.3 Å². The Bertz CT molecular complexity index is 159. The summed E-state index contributed by atoms with van der Waals surface area (Å²) in [7, 11) is 0. The van der Waals surface area contributed by atoms with Crippen molar-refractivity contribution in [1.29, 1.82) is 0 Å². The van der Waals surface area contributed by atoms with E-state index in [9.17, 15) is 0 Å². The second kappa shape index (κ2) is 5.12. The average molecular weight is 167 g/mol. The van der Waals surface area contributed by atoms with Crippen LogP contribution in [0.3, 0.4) is 0 Å². The predicted molar refractivity (Wildman–Crippen MR) is 50.9 cm³/mol. The molecule has 2 heteroatoms. The SMILES string of the molecule is CC[C@@H](CO)NCC1C=CC=C1. The van der Waals surface area contributed by atoms with Gasteiger partial charge in [0.15, 0.2) is 0 Å². The highest BCUT2D eigenvalue weighted by molar-refractivity contribution is 5.17. The molecule has 0 aromatic carbocycles. The zero-order chi connectivity index (χ0) is 8.81. The summed E-state index contributed by atoms with van der Waals surface area (Å²) >= 11 is 0. The molecule has 68 valence electrons. The molecule has 0 amide bonds. The van der Waals surface area contributed by atoms with Crippen molar-refractivity contribution in [2.45, 2.75) is 19.4 Å². The highest BCUT2D eigenvalue weighted by Crippen LogP contribution is 2.07. The highest BCUT2D eigenvalue weighted by Gasteiger charge is 2.07. The molecule has 1 aliphatic carbocycles. The molecule has 0 saturated carbocycles. The van der Waals surface area contributed by atoms with Crippen LogP contribution in [0.4, 0.5) is 0 Å². The summed E-state index contributed by atoms with van der Waals surface area (Å²) in [6.45, 7) is 3.25. The van der Waals surface area contributed by atoms with E-state index in [0.29, 0.717) is 5.92 Å². The summed E-state index contributed by atoms with van der Waals surface area (Å²) in [5.74, 6) is 0.519. The van der Waals surface area contributed by atoms with E-state index < -0.39 is 0 Å². The summed E-state index contributed by atoms with van der Waals surface area (Å²) in [4.78, 5) is 0. The fourth-order valence-electron chi connectivity index (χ4n) is 1.25.